The zero-order chi connectivity index (χ0) is 8.43. The first-order valence-electron chi connectivity index (χ1n) is 2.88. The van der Waals surface area contributed by atoms with Gasteiger partial charge in [0.15, 0.2) is 0 Å². The lowest BCUT2D eigenvalue weighted by Gasteiger charge is -1.89. The van der Waals surface area contributed by atoms with Crippen LogP contribution in [0.25, 0.3) is 0 Å². The summed E-state index contributed by atoms with van der Waals surface area (Å²) in [5.74, 6) is 0.155. The monoisotopic (exact) mass is 175 g/mol. The molecule has 0 spiro atoms. The van der Waals surface area contributed by atoms with Gasteiger partial charge in [-0.15, -0.1) is 16.3 Å². The Morgan fingerprint density at radius 1 is 1.91 bits per heavy atom. The number of halogens is 1. The van der Waals surface area contributed by atoms with Gasteiger partial charge >= 0.3 is 5.82 Å². The molecule has 0 aliphatic rings. The highest BCUT2D eigenvalue weighted by molar-refractivity contribution is 6.16. The zero-order valence-electron chi connectivity index (χ0n) is 5.82. The molecule has 0 saturated carbocycles. The lowest BCUT2D eigenvalue weighted by atomic mass is 10.5. The summed E-state index contributed by atoms with van der Waals surface area (Å²) in [6.07, 6.45) is 0. The van der Waals surface area contributed by atoms with Crippen molar-refractivity contribution in [3.8, 4) is 0 Å². The molecular formula is C5H6ClN3O2. The molecule has 5 nitrogen and oxygen atoms in total. The van der Waals surface area contributed by atoms with Crippen LogP contribution in [-0.2, 0) is 12.9 Å². The van der Waals surface area contributed by atoms with Crippen LogP contribution in [0.15, 0.2) is 6.07 Å². The van der Waals surface area contributed by atoms with Crippen molar-refractivity contribution in [2.75, 3.05) is 0 Å². The normalized spacial score (nSPS) is 10.0. The summed E-state index contributed by atoms with van der Waals surface area (Å²) in [7, 11) is 1.51. The van der Waals surface area contributed by atoms with Crippen molar-refractivity contribution in [3.05, 3.63) is 21.9 Å². The average molecular weight is 176 g/mol. The van der Waals surface area contributed by atoms with E-state index in [9.17, 15) is 10.1 Å². The number of alkyl halides is 1. The van der Waals surface area contributed by atoms with Crippen molar-refractivity contribution in [2.24, 2.45) is 7.05 Å². The molecule has 0 radical (unpaired) electrons. The summed E-state index contributed by atoms with van der Waals surface area (Å²) in [5, 5.41) is 14.0. The minimum absolute atomic E-state index is 0.0411. The van der Waals surface area contributed by atoms with Gasteiger partial charge in [-0.2, -0.15) is 0 Å². The van der Waals surface area contributed by atoms with Gasteiger partial charge < -0.3 is 10.1 Å². The van der Waals surface area contributed by atoms with Crippen LogP contribution in [0.4, 0.5) is 5.82 Å². The third kappa shape index (κ3) is 1.48. The van der Waals surface area contributed by atoms with Gasteiger partial charge in [-0.3, -0.25) is 0 Å². The van der Waals surface area contributed by atoms with Gasteiger partial charge in [-0.25, -0.2) is 0 Å². The van der Waals surface area contributed by atoms with Crippen molar-refractivity contribution in [3.63, 3.8) is 0 Å². The van der Waals surface area contributed by atoms with E-state index < -0.39 is 4.92 Å². The fourth-order valence-electron chi connectivity index (χ4n) is 0.751. The van der Waals surface area contributed by atoms with Crippen molar-refractivity contribution >= 4 is 17.4 Å². The van der Waals surface area contributed by atoms with Crippen molar-refractivity contribution in [1.82, 2.24) is 9.78 Å². The molecule has 0 atom stereocenters. The maximum Gasteiger partial charge on any atom is 0.344 e. The summed E-state index contributed by atoms with van der Waals surface area (Å²) in [6.45, 7) is 0. The molecule has 0 aromatic carbocycles. The number of aromatic nitrogens is 2. The molecule has 1 aromatic rings. The predicted molar refractivity (Wildman–Crippen MR) is 39.4 cm³/mol. The van der Waals surface area contributed by atoms with Gasteiger partial charge in [0.2, 0.25) is 0 Å². The number of rotatable bonds is 2. The van der Waals surface area contributed by atoms with E-state index in [0.717, 1.165) is 0 Å². The van der Waals surface area contributed by atoms with Crippen LogP contribution in [0.5, 0.6) is 0 Å². The molecule has 0 aliphatic carbocycles. The smallest absolute Gasteiger partial charge is 0.344 e. The zero-order valence-corrected chi connectivity index (χ0v) is 6.58. The van der Waals surface area contributed by atoms with Crippen LogP contribution in [-0.4, -0.2) is 14.7 Å². The molecule has 11 heavy (non-hydrogen) atoms. The summed E-state index contributed by atoms with van der Waals surface area (Å²) >= 11 is 5.42. The number of nitro groups is 1. The highest BCUT2D eigenvalue weighted by atomic mass is 35.5. The summed E-state index contributed by atoms with van der Waals surface area (Å²) in [6, 6.07) is 1.35. The fraction of sp³-hybridized carbons (Fsp3) is 0.400. The Kier molecular flexibility index (Phi) is 2.09. The van der Waals surface area contributed by atoms with E-state index in [4.69, 9.17) is 11.6 Å². The molecule has 1 heterocycles. The van der Waals surface area contributed by atoms with Crippen LogP contribution >= 0.6 is 11.6 Å². The Morgan fingerprint density at radius 2 is 2.55 bits per heavy atom. The first-order valence-corrected chi connectivity index (χ1v) is 3.42. The number of hydrogen-bond acceptors (Lipinski definition) is 3. The fourth-order valence-corrected chi connectivity index (χ4v) is 0.882. The molecule has 0 N–H and O–H groups in total. The topological polar surface area (TPSA) is 61.0 Å². The SMILES string of the molecule is Cn1nc(CCl)cc1[N+](=O)[O-]. The predicted octanol–water partition coefficient (Wildman–Crippen LogP) is 1.07. The second-order valence-electron chi connectivity index (χ2n) is 2.01. The van der Waals surface area contributed by atoms with Gasteiger partial charge in [0, 0.05) is 0 Å². The lowest BCUT2D eigenvalue weighted by molar-refractivity contribution is -0.392. The number of aryl methyl sites for hydroxylation is 1. The van der Waals surface area contributed by atoms with Gasteiger partial charge in [0.1, 0.15) is 12.7 Å². The Bertz CT molecular complexity index is 283. The van der Waals surface area contributed by atoms with E-state index in [-0.39, 0.29) is 11.7 Å². The number of hydrogen-bond donors (Lipinski definition) is 0. The third-order valence-corrected chi connectivity index (χ3v) is 1.50. The highest BCUT2D eigenvalue weighted by Gasteiger charge is 2.13. The standard InChI is InChI=1S/C5H6ClN3O2/c1-8-5(9(10)11)2-4(3-6)7-8/h2H,3H2,1H3. The Labute approximate surface area is 67.7 Å². The molecule has 0 bridgehead atoms. The molecule has 0 unspecified atom stereocenters. The first kappa shape index (κ1) is 8.00. The molecule has 6 heteroatoms. The maximum atomic E-state index is 10.3. The molecular weight excluding hydrogens is 170 g/mol. The van der Waals surface area contributed by atoms with Gasteiger partial charge in [-0.1, -0.05) is 5.10 Å². The third-order valence-electron chi connectivity index (χ3n) is 1.23. The van der Waals surface area contributed by atoms with Crippen molar-refractivity contribution in [1.29, 1.82) is 0 Å². The molecule has 1 aromatic heterocycles. The summed E-state index contributed by atoms with van der Waals surface area (Å²) in [4.78, 5) is 9.76. The van der Waals surface area contributed by atoms with E-state index >= 15 is 0 Å². The quantitative estimate of drug-likeness (QED) is 0.384. The van der Waals surface area contributed by atoms with Crippen LogP contribution in [0, 0.1) is 10.1 Å². The summed E-state index contributed by atoms with van der Waals surface area (Å²) in [5.41, 5.74) is 0.515. The molecule has 60 valence electrons. The molecule has 0 fully saturated rings. The second-order valence-corrected chi connectivity index (χ2v) is 2.28. The van der Waals surface area contributed by atoms with E-state index in [2.05, 4.69) is 5.10 Å². The molecule has 1 rings (SSSR count). The van der Waals surface area contributed by atoms with E-state index in [1.54, 1.807) is 0 Å². The van der Waals surface area contributed by atoms with Crippen LogP contribution < -0.4 is 0 Å². The van der Waals surface area contributed by atoms with Gasteiger partial charge in [-0.05, 0) is 4.92 Å². The second kappa shape index (κ2) is 2.87. The average Bonchev–Trinajstić information content (AvgIpc) is 2.30. The maximum absolute atomic E-state index is 10.3. The first-order chi connectivity index (χ1) is 5.15. The highest BCUT2D eigenvalue weighted by Crippen LogP contribution is 2.12. The molecule has 0 aliphatic heterocycles. The van der Waals surface area contributed by atoms with Crippen LogP contribution in [0.1, 0.15) is 5.69 Å². The summed E-state index contributed by atoms with van der Waals surface area (Å²) < 4.78 is 1.19. The molecule has 0 saturated heterocycles. The largest absolute Gasteiger partial charge is 0.358 e. The number of nitrogens with zero attached hydrogens (tertiary/aromatic N) is 3. The Balaban J connectivity index is 3.07. The van der Waals surface area contributed by atoms with Crippen molar-refractivity contribution < 1.29 is 4.92 Å². The van der Waals surface area contributed by atoms with E-state index in [0.29, 0.717) is 5.69 Å². The van der Waals surface area contributed by atoms with E-state index in [1.165, 1.54) is 17.8 Å². The van der Waals surface area contributed by atoms with Gasteiger partial charge in [0.25, 0.3) is 0 Å². The van der Waals surface area contributed by atoms with Crippen molar-refractivity contribution in [2.45, 2.75) is 5.88 Å². The van der Waals surface area contributed by atoms with Crippen LogP contribution in [0.2, 0.25) is 0 Å². The Morgan fingerprint density at radius 3 is 2.82 bits per heavy atom. The van der Waals surface area contributed by atoms with Gasteiger partial charge in [0.05, 0.1) is 11.9 Å². The minimum Gasteiger partial charge on any atom is -0.358 e. The minimum atomic E-state index is -0.497. The lowest BCUT2D eigenvalue weighted by Crippen LogP contribution is -1.97. The van der Waals surface area contributed by atoms with Crippen LogP contribution in [0.3, 0.4) is 0 Å². The van der Waals surface area contributed by atoms with E-state index in [1.807, 2.05) is 0 Å². The Hall–Kier alpha value is -1.10. The molecule has 0 amide bonds.